The van der Waals surface area contributed by atoms with Crippen LogP contribution in [0.4, 0.5) is 0 Å². The lowest BCUT2D eigenvalue weighted by Gasteiger charge is -2.25. The van der Waals surface area contributed by atoms with Gasteiger partial charge in [-0.05, 0) is 43.4 Å². The van der Waals surface area contributed by atoms with Crippen LogP contribution < -0.4 is 4.74 Å². The average Bonchev–Trinajstić information content (AvgIpc) is 2.85. The third-order valence-electron chi connectivity index (χ3n) is 4.82. The van der Waals surface area contributed by atoms with Crippen LogP contribution in [0.1, 0.15) is 25.3 Å². The van der Waals surface area contributed by atoms with Gasteiger partial charge in [0.05, 0.1) is 6.61 Å². The lowest BCUT2D eigenvalue weighted by Crippen LogP contribution is -2.36. The van der Waals surface area contributed by atoms with E-state index in [0.717, 1.165) is 64.3 Å². The normalized spacial score (nSPS) is 23.1. The van der Waals surface area contributed by atoms with Gasteiger partial charge in [-0.1, -0.05) is 18.2 Å². The minimum Gasteiger partial charge on any atom is -0.493 e. The van der Waals surface area contributed by atoms with Crippen molar-refractivity contribution in [3.05, 3.63) is 29.8 Å². The molecule has 1 fully saturated rings. The summed E-state index contributed by atoms with van der Waals surface area (Å²) in [5, 5.41) is 0. The predicted molar refractivity (Wildman–Crippen MR) is 87.1 cm³/mol. The Kier molecular flexibility index (Phi) is 4.98. The third kappa shape index (κ3) is 3.80. The van der Waals surface area contributed by atoms with Gasteiger partial charge < -0.3 is 14.5 Å². The Balaban J connectivity index is 1.58. The van der Waals surface area contributed by atoms with Gasteiger partial charge in [-0.2, -0.15) is 0 Å². The summed E-state index contributed by atoms with van der Waals surface area (Å²) in [5.41, 5.74) is 1.34. The second-order valence-electron chi connectivity index (χ2n) is 6.48. The number of hydrogen-bond acceptors (Lipinski definition) is 3. The molecule has 3 rings (SSSR count). The number of amides is 1. The Morgan fingerprint density at radius 1 is 1.23 bits per heavy atom. The fourth-order valence-electron chi connectivity index (χ4n) is 3.55. The van der Waals surface area contributed by atoms with Crippen LogP contribution in [0.15, 0.2) is 24.3 Å². The Hall–Kier alpha value is -1.55. The van der Waals surface area contributed by atoms with Crippen molar-refractivity contribution in [2.45, 2.75) is 26.2 Å². The van der Waals surface area contributed by atoms with E-state index in [9.17, 15) is 4.79 Å². The lowest BCUT2D eigenvalue weighted by atomic mass is 9.96. The van der Waals surface area contributed by atoms with Gasteiger partial charge in [0.1, 0.15) is 5.75 Å². The summed E-state index contributed by atoms with van der Waals surface area (Å²) < 4.78 is 5.87. The lowest BCUT2D eigenvalue weighted by molar-refractivity contribution is -0.128. The standard InChI is InChI=1S/C18H26N2O2/c1-15(21)20-9-4-8-19(10-11-20)14-16-7-12-22-18-6-3-2-5-17(18)13-16/h2-3,5-6,16H,4,7-14H2,1H3/t16-/m1/s1. The molecule has 0 unspecified atom stereocenters. The molecule has 1 aromatic carbocycles. The van der Waals surface area contributed by atoms with Crippen molar-refractivity contribution in [3.63, 3.8) is 0 Å². The van der Waals surface area contributed by atoms with Crippen LogP contribution in [0.25, 0.3) is 0 Å². The molecular weight excluding hydrogens is 276 g/mol. The second kappa shape index (κ2) is 7.14. The molecule has 0 aromatic heterocycles. The van der Waals surface area contributed by atoms with Crippen molar-refractivity contribution in [1.82, 2.24) is 9.80 Å². The molecule has 2 aliphatic rings. The van der Waals surface area contributed by atoms with Crippen molar-refractivity contribution >= 4 is 5.91 Å². The van der Waals surface area contributed by atoms with E-state index in [0.29, 0.717) is 5.92 Å². The zero-order valence-electron chi connectivity index (χ0n) is 13.5. The number of para-hydroxylation sites is 1. The number of ether oxygens (including phenoxy) is 1. The maximum atomic E-state index is 11.5. The molecular formula is C18H26N2O2. The topological polar surface area (TPSA) is 32.8 Å². The van der Waals surface area contributed by atoms with Crippen molar-refractivity contribution in [1.29, 1.82) is 0 Å². The number of hydrogen-bond donors (Lipinski definition) is 0. The van der Waals surface area contributed by atoms with Gasteiger partial charge in [0.25, 0.3) is 0 Å². The maximum absolute atomic E-state index is 11.5. The average molecular weight is 302 g/mol. The summed E-state index contributed by atoms with van der Waals surface area (Å²) in [7, 11) is 0. The minimum atomic E-state index is 0.207. The molecule has 1 saturated heterocycles. The molecule has 1 aromatic rings. The van der Waals surface area contributed by atoms with Gasteiger partial charge in [0.2, 0.25) is 5.91 Å². The molecule has 1 atom stereocenters. The molecule has 22 heavy (non-hydrogen) atoms. The molecule has 0 spiro atoms. The van der Waals surface area contributed by atoms with E-state index < -0.39 is 0 Å². The highest BCUT2D eigenvalue weighted by atomic mass is 16.5. The Labute approximate surface area is 133 Å². The summed E-state index contributed by atoms with van der Waals surface area (Å²) in [6.07, 6.45) is 3.30. The Morgan fingerprint density at radius 3 is 2.95 bits per heavy atom. The van der Waals surface area contributed by atoms with Crippen LogP contribution in [-0.2, 0) is 11.2 Å². The molecule has 1 amide bonds. The van der Waals surface area contributed by atoms with Crippen LogP contribution in [0.5, 0.6) is 5.75 Å². The van der Waals surface area contributed by atoms with E-state index in [1.165, 1.54) is 5.56 Å². The zero-order valence-corrected chi connectivity index (χ0v) is 13.5. The number of fused-ring (bicyclic) bond motifs is 1. The molecule has 0 aliphatic carbocycles. The SMILES string of the molecule is CC(=O)N1CCCN(C[C@@H]2CCOc3ccccc3C2)CC1. The second-order valence-corrected chi connectivity index (χ2v) is 6.48. The van der Waals surface area contributed by atoms with Gasteiger partial charge in [0.15, 0.2) is 0 Å². The summed E-state index contributed by atoms with van der Waals surface area (Å²) >= 11 is 0. The first-order valence-electron chi connectivity index (χ1n) is 8.41. The first kappa shape index (κ1) is 15.3. The minimum absolute atomic E-state index is 0.207. The number of carbonyl (C=O) groups is 1. The number of carbonyl (C=O) groups excluding carboxylic acids is 1. The Bertz CT molecular complexity index is 518. The van der Waals surface area contributed by atoms with Gasteiger partial charge in [0, 0.05) is 33.1 Å². The fourth-order valence-corrected chi connectivity index (χ4v) is 3.55. The summed E-state index contributed by atoms with van der Waals surface area (Å²) in [6.45, 7) is 7.48. The quantitative estimate of drug-likeness (QED) is 0.839. The monoisotopic (exact) mass is 302 g/mol. The Morgan fingerprint density at radius 2 is 2.09 bits per heavy atom. The third-order valence-corrected chi connectivity index (χ3v) is 4.82. The summed E-state index contributed by atoms with van der Waals surface area (Å²) in [4.78, 5) is 16.0. The van der Waals surface area contributed by atoms with Crippen molar-refractivity contribution in [2.75, 3.05) is 39.3 Å². The van der Waals surface area contributed by atoms with E-state index >= 15 is 0 Å². The highest BCUT2D eigenvalue weighted by Gasteiger charge is 2.22. The fraction of sp³-hybridized carbons (Fsp3) is 0.611. The summed E-state index contributed by atoms with van der Waals surface area (Å²) in [5.74, 6) is 1.91. The van der Waals surface area contributed by atoms with Gasteiger partial charge >= 0.3 is 0 Å². The van der Waals surface area contributed by atoms with E-state index in [1.807, 2.05) is 11.0 Å². The number of rotatable bonds is 2. The maximum Gasteiger partial charge on any atom is 0.219 e. The van der Waals surface area contributed by atoms with Crippen molar-refractivity contribution in [2.24, 2.45) is 5.92 Å². The van der Waals surface area contributed by atoms with E-state index in [-0.39, 0.29) is 5.91 Å². The first-order chi connectivity index (χ1) is 10.7. The highest BCUT2D eigenvalue weighted by molar-refractivity contribution is 5.73. The smallest absolute Gasteiger partial charge is 0.219 e. The van der Waals surface area contributed by atoms with Crippen LogP contribution >= 0.6 is 0 Å². The molecule has 0 radical (unpaired) electrons. The van der Waals surface area contributed by atoms with Crippen molar-refractivity contribution < 1.29 is 9.53 Å². The van der Waals surface area contributed by atoms with E-state index in [4.69, 9.17) is 4.74 Å². The number of benzene rings is 1. The van der Waals surface area contributed by atoms with E-state index in [2.05, 4.69) is 23.1 Å². The molecule has 120 valence electrons. The molecule has 2 heterocycles. The van der Waals surface area contributed by atoms with Crippen LogP contribution in [0, 0.1) is 5.92 Å². The van der Waals surface area contributed by atoms with Crippen LogP contribution in [0.2, 0.25) is 0 Å². The molecule has 0 bridgehead atoms. The number of nitrogens with zero attached hydrogens (tertiary/aromatic N) is 2. The molecule has 0 saturated carbocycles. The van der Waals surface area contributed by atoms with E-state index in [1.54, 1.807) is 6.92 Å². The van der Waals surface area contributed by atoms with Crippen LogP contribution in [-0.4, -0.2) is 55.0 Å². The zero-order chi connectivity index (χ0) is 15.4. The van der Waals surface area contributed by atoms with Crippen LogP contribution in [0.3, 0.4) is 0 Å². The summed E-state index contributed by atoms with van der Waals surface area (Å²) in [6, 6.07) is 8.41. The largest absolute Gasteiger partial charge is 0.493 e. The molecule has 0 N–H and O–H groups in total. The highest BCUT2D eigenvalue weighted by Crippen LogP contribution is 2.27. The molecule has 2 aliphatic heterocycles. The van der Waals surface area contributed by atoms with Crippen molar-refractivity contribution in [3.8, 4) is 5.75 Å². The predicted octanol–water partition coefficient (Wildman–Crippen LogP) is 2.18. The van der Waals surface area contributed by atoms with Gasteiger partial charge in [-0.3, -0.25) is 4.79 Å². The van der Waals surface area contributed by atoms with Gasteiger partial charge in [-0.15, -0.1) is 0 Å². The first-order valence-corrected chi connectivity index (χ1v) is 8.41. The molecule has 4 nitrogen and oxygen atoms in total. The van der Waals surface area contributed by atoms with Gasteiger partial charge in [-0.25, -0.2) is 0 Å². The molecule has 4 heteroatoms.